The summed E-state index contributed by atoms with van der Waals surface area (Å²) >= 11 is 0. The summed E-state index contributed by atoms with van der Waals surface area (Å²) < 4.78 is 11.1. The van der Waals surface area contributed by atoms with Gasteiger partial charge in [-0.2, -0.15) is 0 Å². The molecule has 442 valence electrons. The van der Waals surface area contributed by atoms with Crippen molar-refractivity contribution in [2.24, 2.45) is 17.8 Å². The highest BCUT2D eigenvalue weighted by atomic mass is 35.5. The molecule has 3 atom stereocenters. The normalized spacial score (nSPS) is 21.7. The van der Waals surface area contributed by atoms with Gasteiger partial charge in [0.25, 0.3) is 0 Å². The predicted octanol–water partition coefficient (Wildman–Crippen LogP) is 11.6. The molecule has 3 unspecified atom stereocenters. The Bertz CT molecular complexity index is 1420. The number of piperazine rings is 3. The van der Waals surface area contributed by atoms with Crippen LogP contribution in [0.15, 0.2) is 0 Å². The number of amides is 2. The first-order valence-electron chi connectivity index (χ1n) is 29.1. The standard InChI is InChI=1S/C21H41N3O2.C20H39N3O2.C16H33N3.ClH.H2N.H2P.HP/c1-17(2)22(6)16-19(18-10-8-7-9-11-18)23-12-14-24(15-13-23)20(25)26-21(3,4)5;1-16(2)21-15-18(17-9-7-6-8-10-17)22-11-13-23(14-12-22)19(24)25-20(3,4)5;1-14(2)18(3)13-16(15-7-5-4-6-8-15)19-11-9-17-10-12-19;;;;/h17-19H,7-16H2,1-6H3;16-18,21H,6-15H2,1-5H3;14-17H,4-13H2,1-3H3;1H;2*1H2;1H/q;;;;2*-1;-2. The zero-order valence-electron chi connectivity index (χ0n) is 50.2. The second-order valence-electron chi connectivity index (χ2n) is 25.3. The summed E-state index contributed by atoms with van der Waals surface area (Å²) in [5.74, 6) is 2.54. The Morgan fingerprint density at radius 2 is 0.824 bits per heavy atom. The summed E-state index contributed by atoms with van der Waals surface area (Å²) in [6.45, 7) is 40.5. The van der Waals surface area contributed by atoms with E-state index in [4.69, 9.17) is 9.47 Å². The summed E-state index contributed by atoms with van der Waals surface area (Å²) in [6.07, 6.45) is 20.7. The van der Waals surface area contributed by atoms with E-state index in [2.05, 4.69) is 90.8 Å². The molecule has 0 aromatic heterocycles. The number of rotatable bonds is 15. The fraction of sp³-hybridized carbons (Fsp3) is 0.965. The number of hydrogen-bond acceptors (Lipinski definition) is 11. The van der Waals surface area contributed by atoms with E-state index in [1.54, 1.807) is 0 Å². The van der Waals surface area contributed by atoms with Gasteiger partial charge in [0, 0.05) is 134 Å². The van der Waals surface area contributed by atoms with E-state index in [1.807, 2.05) is 51.3 Å². The van der Waals surface area contributed by atoms with Crippen molar-refractivity contribution in [1.29, 1.82) is 0 Å². The molecule has 0 aromatic carbocycles. The van der Waals surface area contributed by atoms with Crippen LogP contribution in [-0.4, -0.2) is 206 Å². The molecule has 3 aliphatic heterocycles. The molecule has 0 spiro atoms. The molecule has 4 N–H and O–H groups in total. The first-order chi connectivity index (χ1) is 33.1. The monoisotopic (exact) mass is 1100 g/mol. The Kier molecular flexibility index (Phi) is 37.0. The first-order valence-corrected chi connectivity index (χ1v) is 29.1. The van der Waals surface area contributed by atoms with Crippen LogP contribution in [0, 0.1) is 17.8 Å². The Morgan fingerprint density at radius 3 is 1.12 bits per heavy atom. The van der Waals surface area contributed by atoms with Crippen molar-refractivity contribution in [2.75, 3.05) is 112 Å². The minimum atomic E-state index is -0.418. The van der Waals surface area contributed by atoms with E-state index in [-0.39, 0.29) is 50.5 Å². The van der Waals surface area contributed by atoms with Crippen molar-refractivity contribution in [2.45, 2.75) is 227 Å². The second-order valence-corrected chi connectivity index (χ2v) is 25.3. The molecule has 3 saturated carbocycles. The van der Waals surface area contributed by atoms with Gasteiger partial charge in [-0.15, -0.1) is 12.4 Å². The first kappa shape index (κ1) is 73.4. The number of nitrogens with two attached hydrogens (primary N) is 1. The van der Waals surface area contributed by atoms with Gasteiger partial charge in [-0.1, -0.05) is 71.6 Å². The molecular weight excluding hydrogens is 986 g/mol. The summed E-state index contributed by atoms with van der Waals surface area (Å²) in [4.78, 5) is 41.4. The molecule has 2 amide bonds. The fourth-order valence-electron chi connectivity index (χ4n) is 11.8. The minimum absolute atomic E-state index is 0. The lowest BCUT2D eigenvalue weighted by molar-refractivity contribution is 0.000199. The molecule has 3 saturated heterocycles. The van der Waals surface area contributed by atoms with E-state index >= 15 is 0 Å². The maximum Gasteiger partial charge on any atom is 0.410 e. The summed E-state index contributed by atoms with van der Waals surface area (Å²) in [7, 11) is 4.54. The molecule has 6 aliphatic rings. The highest BCUT2D eigenvalue weighted by Gasteiger charge is 2.36. The quantitative estimate of drug-likeness (QED) is 0.152. The van der Waals surface area contributed by atoms with Crippen LogP contribution < -0.4 is 10.6 Å². The minimum Gasteiger partial charge on any atom is -1.51 e. The van der Waals surface area contributed by atoms with Gasteiger partial charge in [-0.05, 0) is 140 Å². The molecule has 6 fully saturated rings. The maximum absolute atomic E-state index is 12.3. The molecule has 0 bridgehead atoms. The predicted molar refractivity (Wildman–Crippen MR) is 324 cm³/mol. The largest absolute Gasteiger partial charge is 1.51 e. The summed E-state index contributed by atoms with van der Waals surface area (Å²) in [5, 5.41) is 7.15. The van der Waals surface area contributed by atoms with Gasteiger partial charge >= 0.3 is 12.2 Å². The number of carbonyl (C=O) groups excluding carboxylic acids is 2. The van der Waals surface area contributed by atoms with Gasteiger partial charge in [0.15, 0.2) is 0 Å². The lowest BCUT2D eigenvalue weighted by atomic mass is 9.82. The third kappa shape index (κ3) is 27.0. The Morgan fingerprint density at radius 1 is 0.527 bits per heavy atom. The number of hydrogen-bond donors (Lipinski definition) is 2. The van der Waals surface area contributed by atoms with Gasteiger partial charge in [0.2, 0.25) is 0 Å². The molecule has 3 aliphatic carbocycles. The van der Waals surface area contributed by atoms with Crippen LogP contribution in [0.25, 0.3) is 6.15 Å². The molecule has 0 aromatic rings. The molecule has 17 heteroatoms. The average Bonchev–Trinajstić information content (AvgIpc) is 3.33. The number of nitrogens with zero attached hydrogens (tertiary/aromatic N) is 7. The average molecular weight is 1110 g/mol. The third-order valence-electron chi connectivity index (χ3n) is 16.5. The topological polar surface area (TPSA) is 133 Å². The van der Waals surface area contributed by atoms with Crippen molar-refractivity contribution in [3.63, 3.8) is 0 Å². The zero-order chi connectivity index (χ0) is 51.4. The fourth-order valence-corrected chi connectivity index (χ4v) is 11.8. The van der Waals surface area contributed by atoms with Crippen LogP contribution in [0.4, 0.5) is 9.59 Å². The lowest BCUT2D eigenvalue weighted by Crippen LogP contribution is -2.57. The number of halogens is 1. The van der Waals surface area contributed by atoms with Crippen molar-refractivity contribution < 1.29 is 19.1 Å². The van der Waals surface area contributed by atoms with Crippen molar-refractivity contribution in [3.05, 3.63) is 6.15 Å². The molecule has 6 rings (SSSR count). The number of ether oxygens (including phenoxy) is 2. The second kappa shape index (κ2) is 37.3. The van der Waals surface area contributed by atoms with Gasteiger partial charge in [-0.25, -0.2) is 9.59 Å². The van der Waals surface area contributed by atoms with E-state index in [0.717, 1.165) is 89.2 Å². The van der Waals surface area contributed by atoms with Crippen molar-refractivity contribution in [1.82, 2.24) is 44.9 Å². The van der Waals surface area contributed by atoms with Crippen LogP contribution in [0.5, 0.6) is 0 Å². The van der Waals surface area contributed by atoms with Crippen LogP contribution in [0.1, 0.15) is 179 Å². The number of likely N-dealkylation sites (N-methyl/N-ethyl adjacent to an activating group) is 2. The summed E-state index contributed by atoms with van der Waals surface area (Å²) in [6, 6.07) is 3.76. The third-order valence-corrected chi connectivity index (χ3v) is 16.5. The van der Waals surface area contributed by atoms with Crippen LogP contribution >= 0.6 is 32.2 Å². The maximum atomic E-state index is 12.3. The van der Waals surface area contributed by atoms with Gasteiger partial charge in [0.1, 0.15) is 11.2 Å². The van der Waals surface area contributed by atoms with E-state index in [9.17, 15) is 9.59 Å². The molecule has 0 radical (unpaired) electrons. The van der Waals surface area contributed by atoms with Gasteiger partial charge in [-0.3, -0.25) is 14.7 Å². The van der Waals surface area contributed by atoms with Crippen molar-refractivity contribution >= 4 is 44.4 Å². The Labute approximate surface area is 469 Å². The Balaban J connectivity index is 0.00000106. The zero-order valence-corrected chi connectivity index (χ0v) is 53.2. The highest BCUT2D eigenvalue weighted by Crippen LogP contribution is 2.33. The molecule has 74 heavy (non-hydrogen) atoms. The summed E-state index contributed by atoms with van der Waals surface area (Å²) in [5.41, 5.74) is -0.834. The number of carbonyl (C=O) groups is 2. The molecule has 3 heterocycles. The molecular formula is C57H119ClN10O4P2-4. The van der Waals surface area contributed by atoms with Gasteiger partial charge < -0.3 is 65.7 Å². The van der Waals surface area contributed by atoms with Crippen molar-refractivity contribution in [3.8, 4) is 0 Å². The van der Waals surface area contributed by atoms with E-state index < -0.39 is 11.2 Å². The van der Waals surface area contributed by atoms with Crippen LogP contribution in [-0.2, 0) is 9.47 Å². The van der Waals surface area contributed by atoms with E-state index in [0.29, 0.717) is 30.2 Å². The smallest absolute Gasteiger partial charge is 0.410 e. The highest BCUT2D eigenvalue weighted by molar-refractivity contribution is 6.92. The van der Waals surface area contributed by atoms with Crippen LogP contribution in [0.2, 0.25) is 0 Å². The van der Waals surface area contributed by atoms with Crippen LogP contribution in [0.3, 0.4) is 0 Å². The van der Waals surface area contributed by atoms with E-state index in [1.165, 1.54) is 129 Å². The lowest BCUT2D eigenvalue weighted by Gasteiger charge is -2.45. The Hall–Kier alpha value is -0.630. The SMILES string of the molecule is CC(C)N(C)CC(C1CCCCC1)N1CCN(C(=O)OC(C)(C)C)CC1.CC(C)N(C)CC(C1CCCCC1)N1CCNCC1.CC(C)NCC(C1CCCCC1)N1CCN(C(=O)OC(C)(C)C)CC1.Cl.[NH2-].[PH-2].[PH2-]. The van der Waals surface area contributed by atoms with Gasteiger partial charge in [0.05, 0.1) is 0 Å². The number of nitrogens with one attached hydrogen (secondary N) is 2. The molecule has 14 nitrogen and oxygen atoms in total.